The summed E-state index contributed by atoms with van der Waals surface area (Å²) in [5.41, 5.74) is 1.05. The third kappa shape index (κ3) is 3.26. The first kappa shape index (κ1) is 14.2. The summed E-state index contributed by atoms with van der Waals surface area (Å²) in [5, 5.41) is 0. The van der Waals surface area contributed by atoms with Crippen molar-refractivity contribution in [2.24, 2.45) is 0 Å². The predicted octanol–water partition coefficient (Wildman–Crippen LogP) is 4.08. The topological polar surface area (TPSA) is 31.4 Å². The van der Waals surface area contributed by atoms with Gasteiger partial charge in [-0.05, 0) is 37.8 Å². The summed E-state index contributed by atoms with van der Waals surface area (Å²) >= 11 is 5.72. The molecule has 0 radical (unpaired) electrons. The molecule has 1 atom stereocenters. The number of hydrogen-bond acceptors (Lipinski definition) is 3. The lowest BCUT2D eigenvalue weighted by molar-refractivity contribution is -0.0748. The van der Waals surface area contributed by atoms with Crippen LogP contribution in [0.1, 0.15) is 50.6 Å². The van der Waals surface area contributed by atoms with Crippen LogP contribution >= 0.6 is 11.6 Å². The van der Waals surface area contributed by atoms with Crippen LogP contribution < -0.4 is 4.74 Å². The van der Waals surface area contributed by atoms with Crippen LogP contribution in [0.25, 0.3) is 0 Å². The van der Waals surface area contributed by atoms with Crippen molar-refractivity contribution in [3.8, 4) is 5.75 Å². The van der Waals surface area contributed by atoms with Gasteiger partial charge in [0.1, 0.15) is 12.4 Å². The second-order valence-electron chi connectivity index (χ2n) is 5.95. The van der Waals surface area contributed by atoms with Crippen molar-refractivity contribution in [1.29, 1.82) is 0 Å². The maximum atomic E-state index is 6.29. The molecule has 20 heavy (non-hydrogen) atoms. The van der Waals surface area contributed by atoms with Crippen molar-refractivity contribution < 1.29 is 9.47 Å². The highest BCUT2D eigenvalue weighted by atomic mass is 35.5. The number of halogens is 1. The number of aromatic nitrogens is 1. The van der Waals surface area contributed by atoms with Gasteiger partial charge in [-0.2, -0.15) is 0 Å². The average molecular weight is 296 g/mol. The standard InChI is InChI=1S/C16H22ClNO2/c17-10-13-4-5-14(11-18-13)19-12-15-6-9-16(20-15)7-2-1-3-8-16/h4-5,11,15H,1-3,6-10,12H2. The zero-order chi connectivity index (χ0) is 13.8. The molecule has 1 spiro atoms. The maximum Gasteiger partial charge on any atom is 0.137 e. The SMILES string of the molecule is ClCc1ccc(OCC2CCC3(CCCCC3)O2)cn1. The fraction of sp³-hybridized carbons (Fsp3) is 0.688. The zero-order valence-electron chi connectivity index (χ0n) is 11.8. The van der Waals surface area contributed by atoms with Crippen molar-refractivity contribution in [1.82, 2.24) is 4.98 Å². The number of hydrogen-bond donors (Lipinski definition) is 0. The van der Waals surface area contributed by atoms with Crippen LogP contribution in [0.2, 0.25) is 0 Å². The van der Waals surface area contributed by atoms with E-state index >= 15 is 0 Å². The highest BCUT2D eigenvalue weighted by molar-refractivity contribution is 6.16. The first-order valence-electron chi connectivity index (χ1n) is 7.61. The number of rotatable bonds is 4. The van der Waals surface area contributed by atoms with Crippen LogP contribution in [0.4, 0.5) is 0 Å². The molecule has 1 aromatic heterocycles. The van der Waals surface area contributed by atoms with E-state index in [0.717, 1.165) is 17.9 Å². The molecule has 0 N–H and O–H groups in total. The van der Waals surface area contributed by atoms with Crippen LogP contribution in [0.3, 0.4) is 0 Å². The van der Waals surface area contributed by atoms with E-state index < -0.39 is 0 Å². The molecule has 2 aliphatic rings. The van der Waals surface area contributed by atoms with Crippen molar-refractivity contribution in [3.63, 3.8) is 0 Å². The van der Waals surface area contributed by atoms with E-state index in [1.54, 1.807) is 6.20 Å². The quantitative estimate of drug-likeness (QED) is 0.784. The Bertz CT molecular complexity index is 429. The normalized spacial score (nSPS) is 24.9. The van der Waals surface area contributed by atoms with E-state index in [-0.39, 0.29) is 11.7 Å². The van der Waals surface area contributed by atoms with E-state index in [9.17, 15) is 0 Å². The van der Waals surface area contributed by atoms with Crippen molar-refractivity contribution >= 4 is 11.6 Å². The lowest BCUT2D eigenvalue weighted by atomic mass is 9.83. The van der Waals surface area contributed by atoms with Gasteiger partial charge < -0.3 is 9.47 Å². The van der Waals surface area contributed by atoms with Gasteiger partial charge in [0.25, 0.3) is 0 Å². The lowest BCUT2D eigenvalue weighted by Gasteiger charge is -2.33. The molecule has 2 heterocycles. The van der Waals surface area contributed by atoms with Gasteiger partial charge in [-0.25, -0.2) is 0 Å². The van der Waals surface area contributed by atoms with Crippen LogP contribution in [0.5, 0.6) is 5.75 Å². The summed E-state index contributed by atoms with van der Waals surface area (Å²) in [6.07, 6.45) is 10.8. The second kappa shape index (κ2) is 6.31. The summed E-state index contributed by atoms with van der Waals surface area (Å²) in [6, 6.07) is 3.83. The van der Waals surface area contributed by atoms with Gasteiger partial charge in [-0.3, -0.25) is 4.98 Å². The Morgan fingerprint density at radius 1 is 1.25 bits per heavy atom. The van der Waals surface area contributed by atoms with Crippen molar-refractivity contribution in [3.05, 3.63) is 24.0 Å². The molecular weight excluding hydrogens is 274 g/mol. The Morgan fingerprint density at radius 2 is 2.10 bits per heavy atom. The minimum Gasteiger partial charge on any atom is -0.489 e. The maximum absolute atomic E-state index is 6.29. The molecule has 0 amide bonds. The van der Waals surface area contributed by atoms with E-state index in [1.165, 1.54) is 38.5 Å². The summed E-state index contributed by atoms with van der Waals surface area (Å²) in [7, 11) is 0. The molecule has 0 aromatic carbocycles. The van der Waals surface area contributed by atoms with E-state index in [4.69, 9.17) is 21.1 Å². The Labute approximate surface area is 125 Å². The first-order valence-corrected chi connectivity index (χ1v) is 8.15. The highest BCUT2D eigenvalue weighted by Crippen LogP contribution is 2.41. The summed E-state index contributed by atoms with van der Waals surface area (Å²) < 4.78 is 12.1. The molecule has 3 nitrogen and oxygen atoms in total. The largest absolute Gasteiger partial charge is 0.489 e. The molecule has 1 aliphatic carbocycles. The number of ether oxygens (including phenoxy) is 2. The second-order valence-corrected chi connectivity index (χ2v) is 6.22. The van der Waals surface area contributed by atoms with Crippen LogP contribution in [-0.4, -0.2) is 23.3 Å². The van der Waals surface area contributed by atoms with E-state index in [1.807, 2.05) is 12.1 Å². The third-order valence-corrected chi connectivity index (χ3v) is 4.75. The molecule has 2 fully saturated rings. The zero-order valence-corrected chi connectivity index (χ0v) is 12.6. The molecule has 0 bridgehead atoms. The Morgan fingerprint density at radius 3 is 2.80 bits per heavy atom. The molecule has 110 valence electrons. The van der Waals surface area contributed by atoms with Crippen LogP contribution in [0.15, 0.2) is 18.3 Å². The molecule has 1 aromatic rings. The van der Waals surface area contributed by atoms with Gasteiger partial charge in [0.2, 0.25) is 0 Å². The highest BCUT2D eigenvalue weighted by Gasteiger charge is 2.40. The van der Waals surface area contributed by atoms with Gasteiger partial charge >= 0.3 is 0 Å². The van der Waals surface area contributed by atoms with Gasteiger partial charge in [-0.1, -0.05) is 19.3 Å². The van der Waals surface area contributed by atoms with Gasteiger partial charge in [0.15, 0.2) is 0 Å². The fourth-order valence-electron chi connectivity index (χ4n) is 3.34. The first-order chi connectivity index (χ1) is 9.80. The smallest absolute Gasteiger partial charge is 0.137 e. The third-order valence-electron chi connectivity index (χ3n) is 4.47. The average Bonchev–Trinajstić information content (AvgIpc) is 2.89. The minimum absolute atomic E-state index is 0.174. The predicted molar refractivity (Wildman–Crippen MR) is 79.2 cm³/mol. The minimum atomic E-state index is 0.174. The Kier molecular flexibility index (Phi) is 4.47. The molecule has 3 rings (SSSR count). The summed E-state index contributed by atoms with van der Waals surface area (Å²) in [4.78, 5) is 4.23. The van der Waals surface area contributed by atoms with Crippen molar-refractivity contribution in [2.75, 3.05) is 6.61 Å². The Balaban J connectivity index is 1.49. The van der Waals surface area contributed by atoms with Gasteiger partial charge in [0, 0.05) is 0 Å². The van der Waals surface area contributed by atoms with Crippen LogP contribution in [0, 0.1) is 0 Å². The lowest BCUT2D eigenvalue weighted by Crippen LogP contribution is -2.32. The van der Waals surface area contributed by atoms with Crippen LogP contribution in [-0.2, 0) is 10.6 Å². The Hall–Kier alpha value is -0.800. The number of alkyl halides is 1. The fourth-order valence-corrected chi connectivity index (χ4v) is 3.50. The molecule has 1 aliphatic heterocycles. The van der Waals surface area contributed by atoms with Crippen molar-refractivity contribution in [2.45, 2.75) is 62.5 Å². The molecule has 1 saturated carbocycles. The number of nitrogens with zero attached hydrogens (tertiary/aromatic N) is 1. The molecule has 1 unspecified atom stereocenters. The summed E-state index contributed by atoms with van der Waals surface area (Å²) in [5.74, 6) is 1.24. The molecule has 4 heteroatoms. The van der Waals surface area contributed by atoms with E-state index in [2.05, 4.69) is 4.98 Å². The van der Waals surface area contributed by atoms with E-state index in [0.29, 0.717) is 12.5 Å². The van der Waals surface area contributed by atoms with Gasteiger partial charge in [-0.15, -0.1) is 11.6 Å². The molecular formula is C16H22ClNO2. The molecule has 1 saturated heterocycles. The van der Waals surface area contributed by atoms with Gasteiger partial charge in [0.05, 0.1) is 29.5 Å². The summed E-state index contributed by atoms with van der Waals surface area (Å²) in [6.45, 7) is 0.629. The monoisotopic (exact) mass is 295 g/mol. The number of pyridine rings is 1.